The van der Waals surface area contributed by atoms with Crippen LogP contribution in [0.1, 0.15) is 44.0 Å². The van der Waals surface area contributed by atoms with E-state index in [0.29, 0.717) is 18.6 Å². The molecule has 1 aromatic heterocycles. The minimum atomic E-state index is 0.299. The van der Waals surface area contributed by atoms with Crippen molar-refractivity contribution >= 4 is 5.78 Å². The number of unbranched alkanes of at least 4 members (excludes halogenated alkanes) is 2. The Labute approximate surface area is 103 Å². The summed E-state index contributed by atoms with van der Waals surface area (Å²) in [4.78, 5) is 11.8. The molecule has 1 heterocycles. The van der Waals surface area contributed by atoms with Crippen molar-refractivity contribution < 1.29 is 4.79 Å². The monoisotopic (exact) mass is 237 g/mol. The molecular formula is C13H23N3O. The molecule has 0 atom stereocenters. The molecule has 0 saturated heterocycles. The maximum Gasteiger partial charge on any atom is 0.138 e. The van der Waals surface area contributed by atoms with Gasteiger partial charge in [-0.25, -0.2) is 0 Å². The molecule has 4 heteroatoms. The van der Waals surface area contributed by atoms with Crippen molar-refractivity contribution in [3.8, 4) is 0 Å². The molecule has 0 aliphatic carbocycles. The lowest BCUT2D eigenvalue weighted by molar-refractivity contribution is -0.118. The molecule has 0 radical (unpaired) electrons. The summed E-state index contributed by atoms with van der Waals surface area (Å²) in [5.74, 6) is 0.299. The highest BCUT2D eigenvalue weighted by atomic mass is 16.1. The molecule has 0 aliphatic heterocycles. The fourth-order valence-corrected chi connectivity index (χ4v) is 1.84. The maximum absolute atomic E-state index is 11.8. The number of nitrogens with zero attached hydrogens (tertiary/aromatic N) is 2. The van der Waals surface area contributed by atoms with Crippen LogP contribution >= 0.6 is 0 Å². The van der Waals surface area contributed by atoms with Gasteiger partial charge < -0.3 is 5.73 Å². The van der Waals surface area contributed by atoms with Crippen molar-refractivity contribution in [1.29, 1.82) is 0 Å². The Morgan fingerprint density at radius 2 is 2.18 bits per heavy atom. The molecule has 0 aliphatic rings. The van der Waals surface area contributed by atoms with Crippen LogP contribution in [0.15, 0.2) is 6.07 Å². The third kappa shape index (κ3) is 4.69. The zero-order valence-electron chi connectivity index (χ0n) is 10.9. The van der Waals surface area contributed by atoms with E-state index in [0.717, 1.165) is 43.6 Å². The number of carbonyl (C=O) groups is 1. The Balaban J connectivity index is 2.36. The number of Topliss-reactive ketones (excluding diaryl/α,β-unsaturated/α-hetero) is 1. The van der Waals surface area contributed by atoms with Crippen LogP contribution in [0.25, 0.3) is 0 Å². The van der Waals surface area contributed by atoms with Crippen LogP contribution in [0, 0.1) is 0 Å². The van der Waals surface area contributed by atoms with Gasteiger partial charge in [0.05, 0.1) is 5.69 Å². The normalized spacial score (nSPS) is 10.8. The van der Waals surface area contributed by atoms with Gasteiger partial charge in [-0.3, -0.25) is 9.48 Å². The minimum absolute atomic E-state index is 0.299. The van der Waals surface area contributed by atoms with Crippen molar-refractivity contribution in [3.63, 3.8) is 0 Å². The standard InChI is InChI=1S/C13H23N3O/c1-3-11-9-12(16(2)15-11)10-13(17)7-5-4-6-8-14/h9H,3-8,10,14H2,1-2H3. The fraction of sp³-hybridized carbons (Fsp3) is 0.692. The van der Waals surface area contributed by atoms with Gasteiger partial charge in [0.2, 0.25) is 0 Å². The van der Waals surface area contributed by atoms with Crippen molar-refractivity contribution in [2.75, 3.05) is 6.54 Å². The molecule has 0 aromatic carbocycles. The predicted molar refractivity (Wildman–Crippen MR) is 68.8 cm³/mol. The summed E-state index contributed by atoms with van der Waals surface area (Å²) < 4.78 is 1.82. The lowest BCUT2D eigenvalue weighted by atomic mass is 10.1. The summed E-state index contributed by atoms with van der Waals surface area (Å²) in [6.45, 7) is 2.79. The molecule has 96 valence electrons. The molecule has 0 unspecified atom stereocenters. The molecule has 0 spiro atoms. The van der Waals surface area contributed by atoms with Gasteiger partial charge in [-0.15, -0.1) is 0 Å². The predicted octanol–water partition coefficient (Wildman–Crippen LogP) is 1.61. The van der Waals surface area contributed by atoms with E-state index in [4.69, 9.17) is 5.73 Å². The highest BCUT2D eigenvalue weighted by molar-refractivity contribution is 5.80. The summed E-state index contributed by atoms with van der Waals surface area (Å²) >= 11 is 0. The third-order valence-corrected chi connectivity index (χ3v) is 2.93. The number of hydrogen-bond acceptors (Lipinski definition) is 3. The van der Waals surface area contributed by atoms with E-state index in [1.54, 1.807) is 0 Å². The van der Waals surface area contributed by atoms with Gasteiger partial charge in [-0.05, 0) is 31.9 Å². The Morgan fingerprint density at radius 1 is 1.41 bits per heavy atom. The second-order valence-electron chi connectivity index (χ2n) is 4.42. The molecule has 4 nitrogen and oxygen atoms in total. The number of aromatic nitrogens is 2. The Kier molecular flexibility index (Phi) is 5.91. The Morgan fingerprint density at radius 3 is 2.76 bits per heavy atom. The van der Waals surface area contributed by atoms with Gasteiger partial charge in [-0.1, -0.05) is 13.3 Å². The van der Waals surface area contributed by atoms with Crippen molar-refractivity contribution in [2.45, 2.75) is 45.4 Å². The Hall–Kier alpha value is -1.16. The first-order valence-electron chi connectivity index (χ1n) is 6.41. The molecule has 1 aromatic rings. The largest absolute Gasteiger partial charge is 0.330 e. The number of ketones is 1. The average molecular weight is 237 g/mol. The van der Waals surface area contributed by atoms with E-state index >= 15 is 0 Å². The van der Waals surface area contributed by atoms with Gasteiger partial charge in [0.15, 0.2) is 0 Å². The van der Waals surface area contributed by atoms with Crippen LogP contribution in [0.3, 0.4) is 0 Å². The van der Waals surface area contributed by atoms with E-state index in [9.17, 15) is 4.79 Å². The third-order valence-electron chi connectivity index (χ3n) is 2.93. The highest BCUT2D eigenvalue weighted by Gasteiger charge is 2.08. The van der Waals surface area contributed by atoms with Gasteiger partial charge >= 0.3 is 0 Å². The number of carbonyl (C=O) groups excluding carboxylic acids is 1. The number of aryl methyl sites for hydroxylation is 2. The molecule has 0 saturated carbocycles. The van der Waals surface area contributed by atoms with Gasteiger partial charge in [0, 0.05) is 25.6 Å². The summed E-state index contributed by atoms with van der Waals surface area (Å²) in [6.07, 6.45) is 5.10. The first-order valence-corrected chi connectivity index (χ1v) is 6.41. The van der Waals surface area contributed by atoms with E-state index in [1.165, 1.54) is 0 Å². The molecule has 0 fully saturated rings. The zero-order chi connectivity index (χ0) is 12.7. The van der Waals surface area contributed by atoms with E-state index in [2.05, 4.69) is 12.0 Å². The number of rotatable bonds is 8. The van der Waals surface area contributed by atoms with Crippen LogP contribution in [0.5, 0.6) is 0 Å². The summed E-state index contributed by atoms with van der Waals surface area (Å²) in [5, 5.41) is 4.34. The van der Waals surface area contributed by atoms with Crippen LogP contribution < -0.4 is 5.73 Å². The minimum Gasteiger partial charge on any atom is -0.330 e. The molecule has 0 amide bonds. The first-order chi connectivity index (χ1) is 8.17. The van der Waals surface area contributed by atoms with E-state index < -0.39 is 0 Å². The lowest BCUT2D eigenvalue weighted by Gasteiger charge is -2.01. The topological polar surface area (TPSA) is 60.9 Å². The molecular weight excluding hydrogens is 214 g/mol. The van der Waals surface area contributed by atoms with Crippen molar-refractivity contribution in [2.24, 2.45) is 12.8 Å². The molecule has 0 bridgehead atoms. The lowest BCUT2D eigenvalue weighted by Crippen LogP contribution is -2.07. The SMILES string of the molecule is CCc1cc(CC(=O)CCCCCN)n(C)n1. The summed E-state index contributed by atoms with van der Waals surface area (Å²) in [6, 6.07) is 2.03. The van der Waals surface area contributed by atoms with Crippen LogP contribution in [-0.4, -0.2) is 22.1 Å². The fourth-order valence-electron chi connectivity index (χ4n) is 1.84. The molecule has 17 heavy (non-hydrogen) atoms. The van der Waals surface area contributed by atoms with E-state index in [-0.39, 0.29) is 0 Å². The van der Waals surface area contributed by atoms with Gasteiger partial charge in [0.25, 0.3) is 0 Å². The number of hydrogen-bond donors (Lipinski definition) is 1. The van der Waals surface area contributed by atoms with Crippen LogP contribution in [0.2, 0.25) is 0 Å². The maximum atomic E-state index is 11.8. The highest BCUT2D eigenvalue weighted by Crippen LogP contribution is 2.08. The van der Waals surface area contributed by atoms with Gasteiger partial charge in [-0.2, -0.15) is 5.10 Å². The van der Waals surface area contributed by atoms with Crippen molar-refractivity contribution in [3.05, 3.63) is 17.5 Å². The second kappa shape index (κ2) is 7.22. The average Bonchev–Trinajstić information content (AvgIpc) is 2.66. The first kappa shape index (κ1) is 13.9. The van der Waals surface area contributed by atoms with Crippen LogP contribution in [-0.2, 0) is 24.7 Å². The van der Waals surface area contributed by atoms with Gasteiger partial charge in [0.1, 0.15) is 5.78 Å². The second-order valence-corrected chi connectivity index (χ2v) is 4.42. The summed E-state index contributed by atoms with van der Waals surface area (Å²) in [5.41, 5.74) is 7.48. The Bertz CT molecular complexity index is 358. The zero-order valence-corrected chi connectivity index (χ0v) is 10.9. The molecule has 1 rings (SSSR count). The van der Waals surface area contributed by atoms with Crippen LogP contribution in [0.4, 0.5) is 0 Å². The number of nitrogens with two attached hydrogens (primary N) is 1. The van der Waals surface area contributed by atoms with Crippen molar-refractivity contribution in [1.82, 2.24) is 9.78 Å². The molecule has 2 N–H and O–H groups in total. The quantitative estimate of drug-likeness (QED) is 0.699. The smallest absolute Gasteiger partial charge is 0.138 e. The summed E-state index contributed by atoms with van der Waals surface area (Å²) in [7, 11) is 1.90. The van der Waals surface area contributed by atoms with E-state index in [1.807, 2.05) is 17.8 Å².